The maximum Gasteiger partial charge on any atom is 0.279 e. The molecule has 2 heterocycles. The number of morpholine rings is 1. The Morgan fingerprint density at radius 2 is 2.19 bits per heavy atom. The molecule has 4 N–H and O–H groups in total. The minimum absolute atomic E-state index is 0.107. The van der Waals surface area contributed by atoms with Crippen molar-refractivity contribution in [1.29, 1.82) is 0 Å². The van der Waals surface area contributed by atoms with E-state index in [1.807, 2.05) is 0 Å². The highest BCUT2D eigenvalue weighted by molar-refractivity contribution is 7.80. The fourth-order valence-corrected chi connectivity index (χ4v) is 4.99. The Morgan fingerprint density at radius 1 is 1.37 bits per heavy atom. The Kier molecular flexibility index (Phi) is 7.87. The zero-order chi connectivity index (χ0) is 19.1. The molecule has 0 saturated carbocycles. The molecule has 6 nitrogen and oxygen atoms in total. The molecule has 1 saturated heterocycles. The molecule has 1 atom stereocenters. The van der Waals surface area contributed by atoms with E-state index in [0.29, 0.717) is 5.11 Å². The lowest BCUT2D eigenvalue weighted by Crippen LogP contribution is -3.14. The molecule has 27 heavy (non-hydrogen) atoms. The van der Waals surface area contributed by atoms with Crippen molar-refractivity contribution in [2.45, 2.75) is 39.0 Å². The SMILES string of the molecule is CC[C@@H]1CCc2sc(C(=O)NNC(=S)NCCC[NH+]3CCOCC3)cc2C1. The van der Waals surface area contributed by atoms with Crippen LogP contribution in [0.5, 0.6) is 0 Å². The molecule has 0 spiro atoms. The van der Waals surface area contributed by atoms with E-state index in [4.69, 9.17) is 17.0 Å². The fourth-order valence-electron chi connectivity index (χ4n) is 3.73. The molecule has 1 aromatic rings. The van der Waals surface area contributed by atoms with Crippen LogP contribution >= 0.6 is 23.6 Å². The quantitative estimate of drug-likeness (QED) is 0.315. The number of rotatable bonds is 6. The molecular weight excluding hydrogens is 380 g/mol. The van der Waals surface area contributed by atoms with Crippen LogP contribution in [0, 0.1) is 5.92 Å². The molecule has 1 aliphatic carbocycles. The second-order valence-electron chi connectivity index (χ2n) is 7.38. The van der Waals surface area contributed by atoms with Crippen LogP contribution in [-0.4, -0.2) is 50.4 Å². The Morgan fingerprint density at radius 3 is 2.96 bits per heavy atom. The molecule has 0 bridgehead atoms. The molecule has 1 fully saturated rings. The lowest BCUT2D eigenvalue weighted by atomic mass is 9.87. The highest BCUT2D eigenvalue weighted by atomic mass is 32.1. The first-order valence-electron chi connectivity index (χ1n) is 10.0. The summed E-state index contributed by atoms with van der Waals surface area (Å²) in [6, 6.07) is 2.06. The summed E-state index contributed by atoms with van der Waals surface area (Å²) in [6.45, 7) is 8.06. The van der Waals surface area contributed by atoms with Gasteiger partial charge in [-0.3, -0.25) is 15.6 Å². The number of aryl methyl sites for hydroxylation is 1. The highest BCUT2D eigenvalue weighted by Crippen LogP contribution is 2.33. The Labute approximate surface area is 171 Å². The van der Waals surface area contributed by atoms with Crippen LogP contribution in [-0.2, 0) is 17.6 Å². The van der Waals surface area contributed by atoms with E-state index in [9.17, 15) is 4.79 Å². The maximum absolute atomic E-state index is 12.4. The molecule has 2 aliphatic rings. The summed E-state index contributed by atoms with van der Waals surface area (Å²) in [6.07, 6.45) is 5.70. The van der Waals surface area contributed by atoms with Gasteiger partial charge in [-0.25, -0.2) is 0 Å². The van der Waals surface area contributed by atoms with Gasteiger partial charge >= 0.3 is 0 Å². The molecule has 1 amide bonds. The predicted molar refractivity (Wildman–Crippen MR) is 112 cm³/mol. The topological polar surface area (TPSA) is 66.8 Å². The van der Waals surface area contributed by atoms with Crippen LogP contribution in [0.4, 0.5) is 0 Å². The summed E-state index contributed by atoms with van der Waals surface area (Å²) >= 11 is 6.87. The molecule has 3 rings (SSSR count). The van der Waals surface area contributed by atoms with E-state index in [1.165, 1.54) is 23.3 Å². The molecule has 150 valence electrons. The predicted octanol–water partition coefficient (Wildman–Crippen LogP) is 0.677. The van der Waals surface area contributed by atoms with Crippen LogP contribution in [0.3, 0.4) is 0 Å². The summed E-state index contributed by atoms with van der Waals surface area (Å²) in [5, 5.41) is 3.62. The van der Waals surface area contributed by atoms with E-state index in [2.05, 4.69) is 29.2 Å². The van der Waals surface area contributed by atoms with Crippen LogP contribution in [0.25, 0.3) is 0 Å². The number of thiophene rings is 1. The number of carbonyl (C=O) groups excluding carboxylic acids is 1. The molecule has 0 aromatic carbocycles. The van der Waals surface area contributed by atoms with Crippen molar-refractivity contribution in [2.75, 3.05) is 39.4 Å². The molecule has 1 aromatic heterocycles. The van der Waals surface area contributed by atoms with Gasteiger partial charge in [0.25, 0.3) is 5.91 Å². The van der Waals surface area contributed by atoms with Crippen molar-refractivity contribution in [2.24, 2.45) is 5.92 Å². The molecule has 8 heteroatoms. The Hall–Kier alpha value is -1.22. The zero-order valence-electron chi connectivity index (χ0n) is 16.1. The van der Waals surface area contributed by atoms with E-state index >= 15 is 0 Å². The molecular formula is C19H31N4O2S2+. The van der Waals surface area contributed by atoms with Gasteiger partial charge in [0.2, 0.25) is 0 Å². The summed E-state index contributed by atoms with van der Waals surface area (Å²) in [5.41, 5.74) is 6.90. The van der Waals surface area contributed by atoms with Crippen molar-refractivity contribution in [3.05, 3.63) is 21.4 Å². The number of thiocarbonyl (C=S) groups is 1. The summed E-state index contributed by atoms with van der Waals surface area (Å²) in [4.78, 5) is 16.1. The van der Waals surface area contributed by atoms with Crippen molar-refractivity contribution in [1.82, 2.24) is 16.2 Å². The largest absolute Gasteiger partial charge is 0.370 e. The lowest BCUT2D eigenvalue weighted by Gasteiger charge is -2.23. The second-order valence-corrected chi connectivity index (χ2v) is 8.92. The number of hydrazine groups is 1. The van der Waals surface area contributed by atoms with Gasteiger partial charge in [0, 0.05) is 17.8 Å². The number of amides is 1. The van der Waals surface area contributed by atoms with Crippen LogP contribution in [0.1, 0.15) is 46.3 Å². The van der Waals surface area contributed by atoms with Gasteiger partial charge in [0.15, 0.2) is 5.11 Å². The summed E-state index contributed by atoms with van der Waals surface area (Å²) in [7, 11) is 0. The maximum atomic E-state index is 12.4. The van der Waals surface area contributed by atoms with Gasteiger partial charge < -0.3 is 15.0 Å². The van der Waals surface area contributed by atoms with Crippen molar-refractivity contribution < 1.29 is 14.4 Å². The number of hydrogen-bond acceptors (Lipinski definition) is 4. The number of ether oxygens (including phenoxy) is 1. The lowest BCUT2D eigenvalue weighted by molar-refractivity contribution is -0.908. The Balaban J connectivity index is 1.34. The minimum atomic E-state index is -0.107. The fraction of sp³-hybridized carbons (Fsp3) is 0.684. The minimum Gasteiger partial charge on any atom is -0.370 e. The van der Waals surface area contributed by atoms with E-state index < -0.39 is 0 Å². The normalized spacial score (nSPS) is 20.0. The van der Waals surface area contributed by atoms with Gasteiger partial charge in [-0.15, -0.1) is 11.3 Å². The number of carbonyl (C=O) groups is 1. The summed E-state index contributed by atoms with van der Waals surface area (Å²) in [5.74, 6) is 0.654. The average Bonchev–Trinajstić information content (AvgIpc) is 3.13. The standard InChI is InChI=1S/C19H30N4O2S2/c1-2-14-4-5-16-15(12-14)13-17(27-16)18(24)21-22-19(26)20-6-3-7-23-8-10-25-11-9-23/h13-14H,2-12H2,1H3,(H,21,24)(H2,20,22,26)/p+1/t14-/m1/s1. The van der Waals surface area contributed by atoms with Crippen LogP contribution in [0.15, 0.2) is 6.07 Å². The Bertz CT molecular complexity index is 644. The third-order valence-electron chi connectivity index (χ3n) is 5.47. The van der Waals surface area contributed by atoms with E-state index in [1.54, 1.807) is 16.2 Å². The van der Waals surface area contributed by atoms with Crippen molar-refractivity contribution in [3.8, 4) is 0 Å². The molecule has 1 aliphatic heterocycles. The van der Waals surface area contributed by atoms with E-state index in [-0.39, 0.29) is 5.91 Å². The van der Waals surface area contributed by atoms with Gasteiger partial charge in [0.1, 0.15) is 13.1 Å². The average molecular weight is 412 g/mol. The second kappa shape index (κ2) is 10.4. The molecule has 0 radical (unpaired) electrons. The molecule has 0 unspecified atom stereocenters. The smallest absolute Gasteiger partial charge is 0.279 e. The van der Waals surface area contributed by atoms with Crippen LogP contribution < -0.4 is 21.1 Å². The first-order valence-corrected chi connectivity index (χ1v) is 11.2. The third kappa shape index (κ3) is 6.14. The zero-order valence-corrected chi connectivity index (χ0v) is 17.7. The highest BCUT2D eigenvalue weighted by Gasteiger charge is 2.22. The van der Waals surface area contributed by atoms with Gasteiger partial charge in [-0.05, 0) is 49.0 Å². The van der Waals surface area contributed by atoms with Gasteiger partial charge in [0.05, 0.1) is 24.6 Å². The monoisotopic (exact) mass is 411 g/mol. The van der Waals surface area contributed by atoms with Crippen molar-refractivity contribution >= 4 is 34.6 Å². The van der Waals surface area contributed by atoms with Crippen molar-refractivity contribution in [3.63, 3.8) is 0 Å². The first-order chi connectivity index (χ1) is 13.2. The number of nitrogens with one attached hydrogen (secondary N) is 4. The van der Waals surface area contributed by atoms with Crippen LogP contribution in [0.2, 0.25) is 0 Å². The number of fused-ring (bicyclic) bond motifs is 1. The third-order valence-corrected chi connectivity index (χ3v) is 6.95. The first kappa shape index (κ1) is 20.5. The summed E-state index contributed by atoms with van der Waals surface area (Å²) < 4.78 is 5.37. The number of hydrogen-bond donors (Lipinski definition) is 4. The van der Waals surface area contributed by atoms with Gasteiger partial charge in [-0.1, -0.05) is 13.3 Å². The van der Waals surface area contributed by atoms with E-state index in [0.717, 1.165) is 69.5 Å². The number of quaternary nitrogens is 1. The van der Waals surface area contributed by atoms with Gasteiger partial charge in [-0.2, -0.15) is 0 Å².